The van der Waals surface area contributed by atoms with E-state index in [-0.39, 0.29) is 15.8 Å². The monoisotopic (exact) mass is 275 g/mol. The van der Waals surface area contributed by atoms with Crippen molar-refractivity contribution in [1.29, 1.82) is 0 Å². The van der Waals surface area contributed by atoms with Crippen LogP contribution in [0.4, 0.5) is 0 Å². The molecule has 86 valence electrons. The van der Waals surface area contributed by atoms with Crippen LogP contribution in [-0.4, -0.2) is 18.7 Å². The molecule has 0 heterocycles. The average molecular weight is 276 g/mol. The zero-order chi connectivity index (χ0) is 11.9. The van der Waals surface area contributed by atoms with Gasteiger partial charge in [0.2, 0.25) is 0 Å². The molecule has 2 N–H and O–H groups in total. The molecule has 0 radical (unpaired) electrons. The zero-order valence-electron chi connectivity index (χ0n) is 8.26. The van der Waals surface area contributed by atoms with E-state index >= 15 is 0 Å². The number of rotatable bonds is 3. The van der Waals surface area contributed by atoms with Crippen molar-refractivity contribution in [3.8, 4) is 0 Å². The molecule has 0 amide bonds. The smallest absolute Gasteiger partial charge is 0.181 e. The Bertz CT molecular complexity index is 524. The summed E-state index contributed by atoms with van der Waals surface area (Å²) in [6.45, 7) is 0. The van der Waals surface area contributed by atoms with E-state index in [9.17, 15) is 8.42 Å². The minimum absolute atomic E-state index is 0.171. The van der Waals surface area contributed by atoms with Crippen molar-refractivity contribution in [3.63, 3.8) is 0 Å². The van der Waals surface area contributed by atoms with Gasteiger partial charge in [0.15, 0.2) is 9.84 Å². The maximum Gasteiger partial charge on any atom is 0.181 e. The highest BCUT2D eigenvalue weighted by molar-refractivity contribution is 7.92. The first-order valence-corrected chi connectivity index (χ1v) is 7.05. The summed E-state index contributed by atoms with van der Waals surface area (Å²) in [6.07, 6.45) is 0.528. The normalized spacial score (nSPS) is 24.1. The molecule has 0 saturated heterocycles. The Kier molecular flexibility index (Phi) is 2.94. The first-order valence-electron chi connectivity index (χ1n) is 4.71. The second kappa shape index (κ2) is 3.98. The van der Waals surface area contributed by atoms with Gasteiger partial charge in [0, 0.05) is 10.9 Å². The van der Waals surface area contributed by atoms with Crippen LogP contribution in [0.2, 0.25) is 5.02 Å². The minimum atomic E-state index is -3.30. The summed E-state index contributed by atoms with van der Waals surface area (Å²) in [7, 11) is -3.30. The van der Waals surface area contributed by atoms with Gasteiger partial charge in [-0.2, -0.15) is 0 Å². The van der Waals surface area contributed by atoms with Gasteiger partial charge in [0.1, 0.15) is 0 Å². The van der Waals surface area contributed by atoms with Gasteiger partial charge in [-0.15, -0.1) is 0 Å². The summed E-state index contributed by atoms with van der Waals surface area (Å²) >= 11 is 10.5. The lowest BCUT2D eigenvalue weighted by Crippen LogP contribution is -2.17. The molecular weight excluding hydrogens is 266 g/mol. The molecule has 6 heteroatoms. The fourth-order valence-corrected chi connectivity index (χ4v) is 3.99. The Morgan fingerprint density at radius 2 is 1.94 bits per heavy atom. The van der Waals surface area contributed by atoms with E-state index in [0.29, 0.717) is 11.4 Å². The molecule has 1 aliphatic carbocycles. The van der Waals surface area contributed by atoms with Crippen LogP contribution in [-0.2, 0) is 9.84 Å². The average Bonchev–Trinajstić information content (AvgIpc) is 2.98. The van der Waals surface area contributed by atoms with Crippen molar-refractivity contribution < 1.29 is 8.42 Å². The van der Waals surface area contributed by atoms with Crippen molar-refractivity contribution in [2.45, 2.75) is 16.6 Å². The maximum absolute atomic E-state index is 12.1. The number of nitrogens with two attached hydrogens (primary N) is 1. The molecule has 1 saturated carbocycles. The molecule has 16 heavy (non-hydrogen) atoms. The molecule has 0 unspecified atom stereocenters. The Morgan fingerprint density at radius 1 is 1.38 bits per heavy atom. The molecule has 0 aliphatic heterocycles. The van der Waals surface area contributed by atoms with E-state index in [2.05, 4.69) is 0 Å². The third kappa shape index (κ3) is 2.07. The van der Waals surface area contributed by atoms with Gasteiger partial charge in [-0.3, -0.25) is 0 Å². The number of sulfone groups is 1. The van der Waals surface area contributed by atoms with Crippen molar-refractivity contribution >= 4 is 38.6 Å². The number of hydrogen-bond acceptors (Lipinski definition) is 3. The summed E-state index contributed by atoms with van der Waals surface area (Å²) in [5.74, 6) is -0.171. The van der Waals surface area contributed by atoms with E-state index < -0.39 is 15.1 Å². The quantitative estimate of drug-likeness (QED) is 0.855. The van der Waals surface area contributed by atoms with Crippen molar-refractivity contribution in [3.05, 3.63) is 29.3 Å². The molecule has 3 nitrogen and oxygen atoms in total. The molecule has 0 aromatic heterocycles. The summed E-state index contributed by atoms with van der Waals surface area (Å²) < 4.78 is 24.1. The van der Waals surface area contributed by atoms with Gasteiger partial charge in [-0.25, -0.2) is 8.42 Å². The number of halogens is 1. The van der Waals surface area contributed by atoms with Crippen LogP contribution in [0.3, 0.4) is 0 Å². The van der Waals surface area contributed by atoms with Crippen molar-refractivity contribution in [2.24, 2.45) is 11.7 Å². The molecular formula is C10H10ClNO2S2. The van der Waals surface area contributed by atoms with Crippen LogP contribution in [0.25, 0.3) is 0 Å². The summed E-state index contributed by atoms with van der Waals surface area (Å²) in [5, 5.41) is 0.0619. The van der Waals surface area contributed by atoms with Crippen LogP contribution < -0.4 is 5.73 Å². The predicted octanol–water partition coefficient (Wildman–Crippen LogP) is 1.79. The molecule has 0 spiro atoms. The van der Waals surface area contributed by atoms with Gasteiger partial charge in [-0.1, -0.05) is 23.8 Å². The Labute approximate surface area is 105 Å². The van der Waals surface area contributed by atoms with Gasteiger partial charge < -0.3 is 5.73 Å². The standard InChI is InChI=1S/C10H10ClNO2S2/c11-6-1-3-7(4-2-6)16(13,14)9-5-8(9)10(12)15/h1-4,8-9H,5H2,(H2,12,15)/t8-,9+/m0/s1. The molecule has 0 bridgehead atoms. The van der Waals surface area contributed by atoms with Crippen molar-refractivity contribution in [2.75, 3.05) is 0 Å². The van der Waals surface area contributed by atoms with E-state index in [4.69, 9.17) is 29.6 Å². The lowest BCUT2D eigenvalue weighted by atomic mass is 10.4. The highest BCUT2D eigenvalue weighted by atomic mass is 35.5. The molecule has 1 aliphatic rings. The van der Waals surface area contributed by atoms with Gasteiger partial charge in [0.25, 0.3) is 0 Å². The Hall–Kier alpha value is -0.650. The molecule has 1 fully saturated rings. The Morgan fingerprint density at radius 3 is 2.38 bits per heavy atom. The second-order valence-electron chi connectivity index (χ2n) is 3.78. The molecule has 2 rings (SSSR count). The Balaban J connectivity index is 2.28. The van der Waals surface area contributed by atoms with Crippen molar-refractivity contribution in [1.82, 2.24) is 0 Å². The van der Waals surface area contributed by atoms with Crippen LogP contribution in [0.1, 0.15) is 6.42 Å². The molecule has 1 aromatic rings. The van der Waals surface area contributed by atoms with Gasteiger partial charge >= 0.3 is 0 Å². The lowest BCUT2D eigenvalue weighted by molar-refractivity contribution is 0.594. The minimum Gasteiger partial charge on any atom is -0.393 e. The van der Waals surface area contributed by atoms with Crippen LogP contribution in [0.5, 0.6) is 0 Å². The predicted molar refractivity (Wildman–Crippen MR) is 67.3 cm³/mol. The van der Waals surface area contributed by atoms with E-state index in [1.165, 1.54) is 12.1 Å². The third-order valence-electron chi connectivity index (χ3n) is 2.64. The van der Waals surface area contributed by atoms with E-state index in [1.807, 2.05) is 0 Å². The molecule has 1 aromatic carbocycles. The highest BCUT2D eigenvalue weighted by Gasteiger charge is 2.49. The van der Waals surface area contributed by atoms with E-state index in [1.54, 1.807) is 12.1 Å². The number of thiocarbonyl (C=S) groups is 1. The summed E-state index contributed by atoms with van der Waals surface area (Å²) in [6, 6.07) is 6.14. The summed E-state index contributed by atoms with van der Waals surface area (Å²) in [5.41, 5.74) is 5.43. The zero-order valence-corrected chi connectivity index (χ0v) is 10.6. The van der Waals surface area contributed by atoms with Gasteiger partial charge in [-0.05, 0) is 30.7 Å². The van der Waals surface area contributed by atoms with Crippen LogP contribution in [0, 0.1) is 5.92 Å². The number of hydrogen-bond donors (Lipinski definition) is 1. The SMILES string of the molecule is NC(=S)[C@H]1C[C@H]1S(=O)(=O)c1ccc(Cl)cc1. The lowest BCUT2D eigenvalue weighted by Gasteiger charge is -2.03. The van der Waals surface area contributed by atoms with Gasteiger partial charge in [0.05, 0.1) is 15.1 Å². The third-order valence-corrected chi connectivity index (χ3v) is 5.44. The highest BCUT2D eigenvalue weighted by Crippen LogP contribution is 2.40. The largest absolute Gasteiger partial charge is 0.393 e. The maximum atomic E-state index is 12.1. The van der Waals surface area contributed by atoms with Crippen LogP contribution in [0.15, 0.2) is 29.2 Å². The number of benzene rings is 1. The fourth-order valence-electron chi connectivity index (χ4n) is 1.61. The molecule has 2 atom stereocenters. The first-order chi connectivity index (χ1) is 7.43. The second-order valence-corrected chi connectivity index (χ2v) is 6.86. The topological polar surface area (TPSA) is 60.2 Å². The summed E-state index contributed by atoms with van der Waals surface area (Å²) in [4.78, 5) is 0.559. The van der Waals surface area contributed by atoms with Crippen LogP contribution >= 0.6 is 23.8 Å². The fraction of sp³-hybridized carbons (Fsp3) is 0.300. The van der Waals surface area contributed by atoms with E-state index in [0.717, 1.165) is 0 Å². The first kappa shape index (κ1) is 11.8.